The fourth-order valence-electron chi connectivity index (χ4n) is 4.97. The standard InChI is InChI=1S/C28H27N5O3.C5H10O2/c1-19-14-20(16-21(15-19)25(35)32-13-12-30-24(34)18-32)17-33-26(36)28(31-27(33)29,22-8-4-2-5-9-22)23-10-6-3-7-11-23;1-5(2,3)4(6)7/h2-11,14-16H,12-13,17-18H2,1H3,(H2,29,31)(H,30,34);1-3H3,(H,6,7). The first-order valence-electron chi connectivity index (χ1n) is 14.0. The molecule has 4 N–H and O–H groups in total. The largest absolute Gasteiger partial charge is 0.550 e. The first kappa shape index (κ1) is 31.0. The molecule has 0 bridgehead atoms. The summed E-state index contributed by atoms with van der Waals surface area (Å²) in [5, 5.41) is 12.6. The molecule has 0 aromatic heterocycles. The summed E-state index contributed by atoms with van der Waals surface area (Å²) >= 11 is 0. The van der Waals surface area contributed by atoms with Crippen molar-refractivity contribution in [3.63, 3.8) is 0 Å². The molecule has 0 unspecified atom stereocenters. The van der Waals surface area contributed by atoms with Gasteiger partial charge in [-0.3, -0.25) is 25.1 Å². The summed E-state index contributed by atoms with van der Waals surface area (Å²) in [7, 11) is 0. The van der Waals surface area contributed by atoms with Gasteiger partial charge in [-0.2, -0.15) is 4.90 Å². The minimum absolute atomic E-state index is 0.0358. The first-order valence-corrected chi connectivity index (χ1v) is 14.0. The van der Waals surface area contributed by atoms with Crippen LogP contribution in [-0.2, 0) is 26.5 Å². The van der Waals surface area contributed by atoms with Crippen molar-refractivity contribution in [3.05, 3.63) is 107 Å². The second-order valence-corrected chi connectivity index (χ2v) is 11.7. The van der Waals surface area contributed by atoms with Gasteiger partial charge in [0.25, 0.3) is 5.91 Å². The Hall–Kier alpha value is -4.99. The van der Waals surface area contributed by atoms with E-state index in [1.165, 1.54) is 9.80 Å². The van der Waals surface area contributed by atoms with Gasteiger partial charge in [0.1, 0.15) is 6.54 Å². The van der Waals surface area contributed by atoms with Crippen molar-refractivity contribution in [3.8, 4) is 0 Å². The number of aryl methyl sites for hydroxylation is 1. The Balaban J connectivity index is 0.000000541. The van der Waals surface area contributed by atoms with Gasteiger partial charge in [-0.15, -0.1) is 0 Å². The number of hydrogen-bond donors (Lipinski definition) is 3. The number of nitrogens with two attached hydrogens (primary N) is 1. The predicted octanol–water partition coefficient (Wildman–Crippen LogP) is 0.0307. The summed E-state index contributed by atoms with van der Waals surface area (Å²) in [5.74, 6) is -1.33. The summed E-state index contributed by atoms with van der Waals surface area (Å²) in [4.78, 5) is 55.2. The van der Waals surface area contributed by atoms with Gasteiger partial charge in [0.15, 0.2) is 0 Å². The smallest absolute Gasteiger partial charge is 0.352 e. The van der Waals surface area contributed by atoms with Crippen LogP contribution < -0.4 is 21.1 Å². The van der Waals surface area contributed by atoms with Crippen molar-refractivity contribution in [1.29, 1.82) is 0 Å². The number of piperazine rings is 1. The van der Waals surface area contributed by atoms with Gasteiger partial charge in [0, 0.05) is 41.2 Å². The Bertz CT molecular complexity index is 1510. The molecule has 0 radical (unpaired) electrons. The van der Waals surface area contributed by atoms with E-state index < -0.39 is 16.9 Å². The van der Waals surface area contributed by atoms with Crippen LogP contribution in [0.4, 0.5) is 0 Å². The minimum Gasteiger partial charge on any atom is -0.550 e. The number of nitrogens with zero attached hydrogens (tertiary/aromatic N) is 2. The maximum Gasteiger partial charge on any atom is 0.352 e. The zero-order valence-electron chi connectivity index (χ0n) is 24.8. The van der Waals surface area contributed by atoms with Crippen molar-refractivity contribution < 1.29 is 29.3 Å². The van der Waals surface area contributed by atoms with Crippen molar-refractivity contribution in [2.45, 2.75) is 39.8 Å². The lowest BCUT2D eigenvalue weighted by Gasteiger charge is -2.27. The molecule has 10 heteroatoms. The Kier molecular flexibility index (Phi) is 8.99. The number of guanidine groups is 1. The van der Waals surface area contributed by atoms with E-state index >= 15 is 0 Å². The fraction of sp³-hybridized carbons (Fsp3) is 0.303. The highest BCUT2D eigenvalue weighted by Gasteiger charge is 2.55. The van der Waals surface area contributed by atoms with Gasteiger partial charge in [-0.05, 0) is 30.2 Å². The van der Waals surface area contributed by atoms with Crippen LogP contribution in [0.1, 0.15) is 53.4 Å². The zero-order valence-corrected chi connectivity index (χ0v) is 24.8. The van der Waals surface area contributed by atoms with Gasteiger partial charge in [0.05, 0.1) is 6.54 Å². The molecule has 1 fully saturated rings. The molecule has 3 aromatic carbocycles. The number of carboxylic acids is 1. The molecule has 0 aliphatic carbocycles. The normalized spacial score (nSPS) is 16.1. The van der Waals surface area contributed by atoms with E-state index in [1.54, 1.807) is 32.9 Å². The van der Waals surface area contributed by atoms with Crippen LogP contribution in [0.2, 0.25) is 0 Å². The average Bonchev–Trinajstić information content (AvgIpc) is 3.23. The van der Waals surface area contributed by atoms with Gasteiger partial charge in [0.2, 0.25) is 11.4 Å². The third-order valence-electron chi connectivity index (χ3n) is 7.25. The minimum atomic E-state index is -1.16. The summed E-state index contributed by atoms with van der Waals surface area (Å²) in [5.41, 5.74) is 8.29. The molecular weight excluding hydrogens is 546 g/mol. The molecule has 5 rings (SSSR count). The summed E-state index contributed by atoms with van der Waals surface area (Å²) in [6.07, 6.45) is 0. The van der Waals surface area contributed by atoms with Crippen LogP contribution in [-0.4, -0.2) is 59.1 Å². The highest BCUT2D eigenvalue weighted by atomic mass is 16.4. The number of aliphatic carboxylic acids is 1. The van der Waals surface area contributed by atoms with Crippen LogP contribution in [0.3, 0.4) is 0 Å². The molecule has 0 atom stereocenters. The van der Waals surface area contributed by atoms with Gasteiger partial charge < -0.3 is 20.1 Å². The van der Waals surface area contributed by atoms with Crippen molar-refractivity contribution in [2.75, 3.05) is 19.6 Å². The van der Waals surface area contributed by atoms with Crippen LogP contribution >= 0.6 is 0 Å². The summed E-state index contributed by atoms with van der Waals surface area (Å²) < 4.78 is 0. The van der Waals surface area contributed by atoms with E-state index in [0.717, 1.165) is 22.3 Å². The molecule has 3 amide bonds. The topological polar surface area (TPSA) is 150 Å². The quantitative estimate of drug-likeness (QED) is 0.386. The Morgan fingerprint density at radius 1 is 0.977 bits per heavy atom. The maximum atomic E-state index is 14.1. The van der Waals surface area contributed by atoms with E-state index in [-0.39, 0.29) is 36.8 Å². The average molecular weight is 584 g/mol. The van der Waals surface area contributed by atoms with E-state index in [9.17, 15) is 24.3 Å². The van der Waals surface area contributed by atoms with Crippen LogP contribution in [0.15, 0.2) is 78.9 Å². The zero-order chi connectivity index (χ0) is 31.4. The molecule has 0 saturated carbocycles. The Morgan fingerprint density at radius 2 is 1.53 bits per heavy atom. The molecule has 1 saturated heterocycles. The SMILES string of the molecule is CC(C)(C)C(=O)[O-].Cc1cc(CN2C(=O)C(c3ccccc3)(c3ccccc3)[NH+]=C2N)cc(C(=O)N2CCNC(=O)C2)c1. The van der Waals surface area contributed by atoms with Crippen LogP contribution in [0.5, 0.6) is 0 Å². The number of carboxylic acid groups (broad SMARTS) is 1. The lowest BCUT2D eigenvalue weighted by Crippen LogP contribution is -2.85. The lowest BCUT2D eigenvalue weighted by atomic mass is 9.83. The van der Waals surface area contributed by atoms with Crippen molar-refractivity contribution >= 4 is 29.7 Å². The number of amides is 3. The predicted molar refractivity (Wildman–Crippen MR) is 159 cm³/mol. The number of hydrogen-bond acceptors (Lipinski definition) is 6. The Morgan fingerprint density at radius 3 is 2.05 bits per heavy atom. The highest BCUT2D eigenvalue weighted by Crippen LogP contribution is 2.30. The van der Waals surface area contributed by atoms with Crippen molar-refractivity contribution in [1.82, 2.24) is 15.1 Å². The molecule has 2 aliphatic heterocycles. The van der Waals surface area contributed by atoms with E-state index in [0.29, 0.717) is 18.7 Å². The monoisotopic (exact) mass is 583 g/mol. The number of benzene rings is 3. The molecule has 3 aromatic rings. The number of nitrogens with one attached hydrogen (secondary N) is 2. The fourth-order valence-corrected chi connectivity index (χ4v) is 4.97. The third-order valence-corrected chi connectivity index (χ3v) is 7.25. The molecule has 43 heavy (non-hydrogen) atoms. The summed E-state index contributed by atoms with van der Waals surface area (Å²) in [6.45, 7) is 7.82. The number of carbonyl (C=O) groups excluding carboxylic acids is 4. The number of carbonyl (C=O) groups is 4. The molecular formula is C33H37N5O5. The van der Waals surface area contributed by atoms with Crippen molar-refractivity contribution in [2.24, 2.45) is 11.1 Å². The van der Waals surface area contributed by atoms with Gasteiger partial charge in [-0.1, -0.05) is 87.5 Å². The molecule has 10 nitrogen and oxygen atoms in total. The van der Waals surface area contributed by atoms with E-state index in [4.69, 9.17) is 5.73 Å². The summed E-state index contributed by atoms with van der Waals surface area (Å²) in [6, 6.07) is 24.5. The number of rotatable bonds is 5. The van der Waals surface area contributed by atoms with E-state index in [2.05, 4.69) is 10.3 Å². The van der Waals surface area contributed by atoms with Crippen LogP contribution in [0.25, 0.3) is 0 Å². The van der Waals surface area contributed by atoms with E-state index in [1.807, 2.05) is 73.7 Å². The lowest BCUT2D eigenvalue weighted by molar-refractivity contribution is -0.525. The second-order valence-electron chi connectivity index (χ2n) is 11.7. The van der Waals surface area contributed by atoms with Gasteiger partial charge >= 0.3 is 11.9 Å². The molecule has 2 aliphatic rings. The molecule has 224 valence electrons. The van der Waals surface area contributed by atoms with Gasteiger partial charge in [-0.25, -0.2) is 0 Å². The highest BCUT2D eigenvalue weighted by molar-refractivity contribution is 6.04. The molecule has 2 heterocycles. The Labute approximate surface area is 251 Å². The molecule has 0 spiro atoms. The maximum absolute atomic E-state index is 14.1. The third kappa shape index (κ3) is 6.74. The second kappa shape index (κ2) is 12.5. The van der Waals surface area contributed by atoms with Crippen LogP contribution in [0, 0.1) is 12.3 Å². The first-order chi connectivity index (χ1) is 20.3.